The predicted molar refractivity (Wildman–Crippen MR) is 79.5 cm³/mol. The Hall–Kier alpha value is -2.01. The Labute approximate surface area is 119 Å². The van der Waals surface area contributed by atoms with E-state index in [1.165, 1.54) is 6.07 Å². The van der Waals surface area contributed by atoms with Gasteiger partial charge in [0.25, 0.3) is 0 Å². The predicted octanol–water partition coefficient (Wildman–Crippen LogP) is 2.56. The summed E-state index contributed by atoms with van der Waals surface area (Å²) >= 11 is 0. The second-order valence-corrected chi connectivity index (χ2v) is 6.56. The zero-order chi connectivity index (χ0) is 14.8. The molecule has 2 N–H and O–H groups in total. The van der Waals surface area contributed by atoms with Crippen molar-refractivity contribution in [3.63, 3.8) is 0 Å². The lowest BCUT2D eigenvalue weighted by atomic mass is 10.2. The van der Waals surface area contributed by atoms with E-state index in [-0.39, 0.29) is 10.6 Å². The minimum Gasteiger partial charge on any atom is -0.497 e. The third-order valence-electron chi connectivity index (χ3n) is 3.11. The van der Waals surface area contributed by atoms with Crippen molar-refractivity contribution in [1.82, 2.24) is 0 Å². The van der Waals surface area contributed by atoms with Crippen molar-refractivity contribution in [1.29, 1.82) is 0 Å². The average Bonchev–Trinajstić information content (AvgIpc) is 2.41. The third kappa shape index (κ3) is 2.93. The second kappa shape index (κ2) is 5.54. The van der Waals surface area contributed by atoms with Gasteiger partial charge in [-0.3, -0.25) is 0 Å². The van der Waals surface area contributed by atoms with Crippen molar-refractivity contribution in [3.8, 4) is 5.75 Å². The average molecular weight is 291 g/mol. The summed E-state index contributed by atoms with van der Waals surface area (Å²) in [5, 5.41) is 0. The Morgan fingerprint density at radius 3 is 2.55 bits per heavy atom. The highest BCUT2D eigenvalue weighted by Crippen LogP contribution is 2.26. The van der Waals surface area contributed by atoms with Gasteiger partial charge in [-0.05, 0) is 36.2 Å². The first kappa shape index (κ1) is 14.4. The fraction of sp³-hybridized carbons (Fsp3) is 0.200. The van der Waals surface area contributed by atoms with Gasteiger partial charge in [0.15, 0.2) is 9.84 Å². The SMILES string of the molecule is COc1cccc(CS(=O)(=O)c2cccc(C)c2N)c1. The summed E-state index contributed by atoms with van der Waals surface area (Å²) in [4.78, 5) is 0.181. The smallest absolute Gasteiger partial charge is 0.184 e. The first-order chi connectivity index (χ1) is 9.44. The zero-order valence-corrected chi connectivity index (χ0v) is 12.3. The number of benzene rings is 2. The molecular formula is C15H17NO3S. The molecule has 0 aliphatic carbocycles. The van der Waals surface area contributed by atoms with E-state index in [1.807, 2.05) is 0 Å². The summed E-state index contributed by atoms with van der Waals surface area (Å²) in [6.07, 6.45) is 0. The van der Waals surface area contributed by atoms with Crippen LogP contribution in [0.15, 0.2) is 47.4 Å². The molecule has 0 amide bonds. The van der Waals surface area contributed by atoms with Crippen molar-refractivity contribution in [2.75, 3.05) is 12.8 Å². The van der Waals surface area contributed by atoms with E-state index in [2.05, 4.69) is 0 Å². The Kier molecular flexibility index (Phi) is 3.99. The summed E-state index contributed by atoms with van der Waals surface area (Å²) < 4.78 is 30.0. The van der Waals surface area contributed by atoms with E-state index < -0.39 is 9.84 Å². The second-order valence-electron chi connectivity index (χ2n) is 4.60. The monoisotopic (exact) mass is 291 g/mol. The van der Waals surface area contributed by atoms with Crippen LogP contribution in [0.4, 0.5) is 5.69 Å². The Balaban J connectivity index is 2.38. The van der Waals surface area contributed by atoms with Crippen molar-refractivity contribution in [2.24, 2.45) is 0 Å². The third-order valence-corrected chi connectivity index (χ3v) is 4.85. The molecule has 0 unspecified atom stereocenters. The van der Waals surface area contributed by atoms with Crippen LogP contribution in [0.5, 0.6) is 5.75 Å². The molecule has 0 saturated carbocycles. The molecule has 2 rings (SSSR count). The summed E-state index contributed by atoms with van der Waals surface area (Å²) in [7, 11) is -1.92. The Morgan fingerprint density at radius 1 is 1.15 bits per heavy atom. The fourth-order valence-electron chi connectivity index (χ4n) is 1.98. The van der Waals surface area contributed by atoms with Crippen LogP contribution < -0.4 is 10.5 Å². The standard InChI is InChI=1S/C15H17NO3S/c1-11-5-3-8-14(15(11)16)20(17,18)10-12-6-4-7-13(9-12)19-2/h3-9H,10,16H2,1-2H3. The highest BCUT2D eigenvalue weighted by molar-refractivity contribution is 7.90. The largest absolute Gasteiger partial charge is 0.497 e. The molecule has 0 heterocycles. The number of methoxy groups -OCH3 is 1. The summed E-state index contributed by atoms with van der Waals surface area (Å²) in [5.41, 5.74) is 7.62. The molecule has 106 valence electrons. The number of nitrogen functional groups attached to an aromatic ring is 1. The van der Waals surface area contributed by atoms with Crippen LogP contribution in [0, 0.1) is 6.92 Å². The summed E-state index contributed by atoms with van der Waals surface area (Å²) in [5.74, 6) is 0.535. The molecule has 0 aliphatic heterocycles. The molecule has 0 fully saturated rings. The number of hydrogen-bond donors (Lipinski definition) is 1. The first-order valence-electron chi connectivity index (χ1n) is 6.15. The molecule has 0 bridgehead atoms. The molecule has 2 aromatic rings. The van der Waals surface area contributed by atoms with Crippen LogP contribution in [0.1, 0.15) is 11.1 Å². The Morgan fingerprint density at radius 2 is 1.85 bits per heavy atom. The maximum absolute atomic E-state index is 12.5. The van der Waals surface area contributed by atoms with Crippen molar-refractivity contribution >= 4 is 15.5 Å². The quantitative estimate of drug-likeness (QED) is 0.879. The number of aryl methyl sites for hydroxylation is 1. The van der Waals surface area contributed by atoms with Crippen LogP contribution in [0.25, 0.3) is 0 Å². The van der Waals surface area contributed by atoms with Crippen LogP contribution in [-0.2, 0) is 15.6 Å². The zero-order valence-electron chi connectivity index (χ0n) is 11.5. The van der Waals surface area contributed by atoms with Gasteiger partial charge in [-0.25, -0.2) is 8.42 Å². The normalized spacial score (nSPS) is 11.3. The highest BCUT2D eigenvalue weighted by atomic mass is 32.2. The lowest BCUT2D eigenvalue weighted by Crippen LogP contribution is -2.09. The molecule has 0 aromatic heterocycles. The van der Waals surface area contributed by atoms with E-state index in [0.717, 1.165) is 5.56 Å². The van der Waals surface area contributed by atoms with E-state index in [9.17, 15) is 8.42 Å². The molecule has 5 heteroatoms. The lowest BCUT2D eigenvalue weighted by molar-refractivity contribution is 0.414. The molecule has 4 nitrogen and oxygen atoms in total. The van der Waals surface area contributed by atoms with E-state index >= 15 is 0 Å². The van der Waals surface area contributed by atoms with Gasteiger partial charge in [0, 0.05) is 0 Å². The van der Waals surface area contributed by atoms with Gasteiger partial charge in [-0.1, -0.05) is 24.3 Å². The molecule has 20 heavy (non-hydrogen) atoms. The van der Waals surface area contributed by atoms with Crippen LogP contribution >= 0.6 is 0 Å². The van der Waals surface area contributed by atoms with Crippen molar-refractivity contribution < 1.29 is 13.2 Å². The molecular weight excluding hydrogens is 274 g/mol. The van der Waals surface area contributed by atoms with E-state index in [4.69, 9.17) is 10.5 Å². The van der Waals surface area contributed by atoms with Crippen LogP contribution in [0.3, 0.4) is 0 Å². The summed E-state index contributed by atoms with van der Waals surface area (Å²) in [6, 6.07) is 12.0. The number of nitrogens with two attached hydrogens (primary N) is 1. The number of para-hydroxylation sites is 1. The number of rotatable bonds is 4. The maximum atomic E-state index is 12.5. The van der Waals surface area contributed by atoms with Crippen molar-refractivity contribution in [2.45, 2.75) is 17.6 Å². The van der Waals surface area contributed by atoms with Gasteiger partial charge >= 0.3 is 0 Å². The number of hydrogen-bond acceptors (Lipinski definition) is 4. The Bertz CT molecular complexity index is 724. The molecule has 2 aromatic carbocycles. The molecule has 0 saturated heterocycles. The molecule has 0 atom stereocenters. The van der Waals surface area contributed by atoms with Crippen LogP contribution in [0.2, 0.25) is 0 Å². The number of anilines is 1. The first-order valence-corrected chi connectivity index (χ1v) is 7.80. The lowest BCUT2D eigenvalue weighted by Gasteiger charge is -2.10. The van der Waals surface area contributed by atoms with Crippen molar-refractivity contribution in [3.05, 3.63) is 53.6 Å². The summed E-state index contributed by atoms with van der Waals surface area (Å²) in [6.45, 7) is 1.79. The topological polar surface area (TPSA) is 69.4 Å². The highest BCUT2D eigenvalue weighted by Gasteiger charge is 2.19. The minimum atomic E-state index is -3.47. The van der Waals surface area contributed by atoms with Crippen LogP contribution in [-0.4, -0.2) is 15.5 Å². The molecule has 0 aliphatic rings. The van der Waals surface area contributed by atoms with Gasteiger partial charge in [-0.2, -0.15) is 0 Å². The van der Waals surface area contributed by atoms with Gasteiger partial charge in [0.2, 0.25) is 0 Å². The maximum Gasteiger partial charge on any atom is 0.184 e. The number of sulfone groups is 1. The van der Waals surface area contributed by atoms with Gasteiger partial charge in [0.05, 0.1) is 23.4 Å². The molecule has 0 radical (unpaired) electrons. The number of ether oxygens (including phenoxy) is 1. The fourth-order valence-corrected chi connectivity index (χ4v) is 3.54. The molecule has 0 spiro atoms. The van der Waals surface area contributed by atoms with E-state index in [0.29, 0.717) is 17.0 Å². The van der Waals surface area contributed by atoms with Gasteiger partial charge < -0.3 is 10.5 Å². The van der Waals surface area contributed by atoms with Gasteiger partial charge in [0.1, 0.15) is 5.75 Å². The van der Waals surface area contributed by atoms with E-state index in [1.54, 1.807) is 50.4 Å². The minimum absolute atomic E-state index is 0.0994. The van der Waals surface area contributed by atoms with Gasteiger partial charge in [-0.15, -0.1) is 0 Å².